The monoisotopic (exact) mass is 414 g/mol. The molecule has 0 bridgehead atoms. The predicted molar refractivity (Wildman–Crippen MR) is 116 cm³/mol. The maximum Gasteiger partial charge on any atom is 0.410 e. The molecule has 164 valence electrons. The summed E-state index contributed by atoms with van der Waals surface area (Å²) in [6.07, 6.45) is 4.14. The van der Waals surface area contributed by atoms with Crippen LogP contribution in [0.1, 0.15) is 63.6 Å². The van der Waals surface area contributed by atoms with Gasteiger partial charge in [0.15, 0.2) is 0 Å². The normalized spacial score (nSPS) is 19.9. The standard InChI is InChI=1S/C24H34N2O4/c1-6-24(9-10-24)21(27)26-13-14-29-19-15-17-7-11-25(22(28)30-23(3,4)5)12-8-18(17)16(2)20(19)26/h15H,6-14H2,1-5H3. The Morgan fingerprint density at radius 3 is 2.50 bits per heavy atom. The molecule has 4 rings (SSSR count). The number of nitrogens with zero attached hydrogens (tertiary/aromatic N) is 2. The summed E-state index contributed by atoms with van der Waals surface area (Å²) in [7, 11) is 0. The molecule has 2 heterocycles. The van der Waals surface area contributed by atoms with Gasteiger partial charge >= 0.3 is 6.09 Å². The molecule has 1 fully saturated rings. The number of ether oxygens (including phenoxy) is 2. The highest BCUT2D eigenvalue weighted by Crippen LogP contribution is 2.52. The SMILES string of the molecule is CCC1(C(=O)N2CCOc3cc4c(c(C)c32)CCN(C(=O)OC(C)(C)C)CC4)CC1. The fraction of sp³-hybridized carbons (Fsp3) is 0.667. The summed E-state index contributed by atoms with van der Waals surface area (Å²) in [4.78, 5) is 29.7. The molecule has 3 aliphatic rings. The lowest BCUT2D eigenvalue weighted by molar-refractivity contribution is -0.124. The summed E-state index contributed by atoms with van der Waals surface area (Å²) >= 11 is 0. The Morgan fingerprint density at radius 2 is 1.87 bits per heavy atom. The van der Waals surface area contributed by atoms with Gasteiger partial charge in [0.2, 0.25) is 5.91 Å². The average Bonchev–Trinajstić information content (AvgIpc) is 3.50. The number of carbonyl (C=O) groups is 2. The van der Waals surface area contributed by atoms with Gasteiger partial charge in [0, 0.05) is 18.5 Å². The van der Waals surface area contributed by atoms with Crippen LogP contribution in [0.5, 0.6) is 5.75 Å². The number of fused-ring (bicyclic) bond motifs is 2. The second-order valence-corrected chi connectivity index (χ2v) is 9.89. The van der Waals surface area contributed by atoms with Crippen molar-refractivity contribution in [2.24, 2.45) is 5.41 Å². The molecule has 0 spiro atoms. The summed E-state index contributed by atoms with van der Waals surface area (Å²) in [6, 6.07) is 2.10. The van der Waals surface area contributed by atoms with Gasteiger partial charge in [0.25, 0.3) is 0 Å². The van der Waals surface area contributed by atoms with Gasteiger partial charge in [-0.2, -0.15) is 0 Å². The third-order valence-electron chi connectivity index (χ3n) is 6.74. The van der Waals surface area contributed by atoms with Gasteiger partial charge in [-0.3, -0.25) is 4.79 Å². The maximum absolute atomic E-state index is 13.3. The van der Waals surface area contributed by atoms with E-state index in [0.29, 0.717) is 26.2 Å². The van der Waals surface area contributed by atoms with Crippen LogP contribution in [0.15, 0.2) is 6.07 Å². The van der Waals surface area contributed by atoms with Crippen LogP contribution in [0, 0.1) is 12.3 Å². The minimum absolute atomic E-state index is 0.165. The first-order valence-corrected chi connectivity index (χ1v) is 11.2. The van der Waals surface area contributed by atoms with Gasteiger partial charge in [-0.25, -0.2) is 4.79 Å². The third kappa shape index (κ3) is 3.77. The summed E-state index contributed by atoms with van der Waals surface area (Å²) < 4.78 is 11.6. The van der Waals surface area contributed by atoms with Gasteiger partial charge < -0.3 is 19.3 Å². The van der Waals surface area contributed by atoms with Crippen molar-refractivity contribution in [1.82, 2.24) is 4.90 Å². The number of rotatable bonds is 2. The van der Waals surface area contributed by atoms with Crippen molar-refractivity contribution in [1.29, 1.82) is 0 Å². The topological polar surface area (TPSA) is 59.1 Å². The number of hydrogen-bond acceptors (Lipinski definition) is 4. The first-order valence-electron chi connectivity index (χ1n) is 11.2. The van der Waals surface area contributed by atoms with Crippen molar-refractivity contribution in [2.45, 2.75) is 72.3 Å². The van der Waals surface area contributed by atoms with Gasteiger partial charge in [-0.15, -0.1) is 0 Å². The third-order valence-corrected chi connectivity index (χ3v) is 6.74. The minimum Gasteiger partial charge on any atom is -0.490 e. The highest BCUT2D eigenvalue weighted by molar-refractivity contribution is 6.01. The van der Waals surface area contributed by atoms with Crippen LogP contribution in [-0.2, 0) is 22.4 Å². The average molecular weight is 415 g/mol. The van der Waals surface area contributed by atoms with Crippen LogP contribution in [0.4, 0.5) is 10.5 Å². The molecule has 2 amide bonds. The van der Waals surface area contributed by atoms with Crippen molar-refractivity contribution in [3.8, 4) is 5.75 Å². The van der Waals surface area contributed by atoms with E-state index in [-0.39, 0.29) is 17.4 Å². The molecule has 6 nitrogen and oxygen atoms in total. The molecule has 0 N–H and O–H groups in total. The van der Waals surface area contributed by atoms with Crippen molar-refractivity contribution >= 4 is 17.7 Å². The van der Waals surface area contributed by atoms with Crippen molar-refractivity contribution in [3.63, 3.8) is 0 Å². The lowest BCUT2D eigenvalue weighted by Crippen LogP contribution is -2.43. The molecule has 1 saturated carbocycles. The van der Waals surface area contributed by atoms with Crippen LogP contribution in [0.25, 0.3) is 0 Å². The number of anilines is 1. The van der Waals surface area contributed by atoms with Crippen molar-refractivity contribution in [2.75, 3.05) is 31.1 Å². The molecule has 2 aliphatic heterocycles. The first-order chi connectivity index (χ1) is 14.1. The van der Waals surface area contributed by atoms with E-state index in [1.165, 1.54) is 11.1 Å². The van der Waals surface area contributed by atoms with E-state index in [0.717, 1.165) is 49.1 Å². The molecule has 0 radical (unpaired) electrons. The Bertz CT molecular complexity index is 867. The molecule has 30 heavy (non-hydrogen) atoms. The van der Waals surface area contributed by atoms with E-state index < -0.39 is 5.60 Å². The molecule has 0 saturated heterocycles. The largest absolute Gasteiger partial charge is 0.490 e. The van der Waals surface area contributed by atoms with Gasteiger partial charge in [-0.05, 0) is 82.6 Å². The zero-order chi connectivity index (χ0) is 21.7. The lowest BCUT2D eigenvalue weighted by Gasteiger charge is -2.35. The quantitative estimate of drug-likeness (QED) is 0.726. The van der Waals surface area contributed by atoms with Crippen molar-refractivity contribution in [3.05, 3.63) is 22.8 Å². The molecule has 0 aromatic heterocycles. The van der Waals surface area contributed by atoms with Gasteiger partial charge in [-0.1, -0.05) is 6.92 Å². The zero-order valence-corrected chi connectivity index (χ0v) is 19.0. The summed E-state index contributed by atoms with van der Waals surface area (Å²) in [6.45, 7) is 12.3. The summed E-state index contributed by atoms with van der Waals surface area (Å²) in [5.74, 6) is 1.06. The van der Waals surface area contributed by atoms with Crippen molar-refractivity contribution < 1.29 is 19.1 Å². The molecular weight excluding hydrogens is 380 g/mol. The van der Waals surface area contributed by atoms with Crippen LogP contribution in [-0.4, -0.2) is 48.7 Å². The molecule has 1 aliphatic carbocycles. The number of benzene rings is 1. The summed E-state index contributed by atoms with van der Waals surface area (Å²) in [5.41, 5.74) is 3.84. The number of amides is 2. The first kappa shape index (κ1) is 21.0. The Labute approximate surface area is 179 Å². The second kappa shape index (κ2) is 7.47. The molecule has 6 heteroatoms. The smallest absolute Gasteiger partial charge is 0.410 e. The second-order valence-electron chi connectivity index (χ2n) is 9.89. The number of hydrogen-bond donors (Lipinski definition) is 0. The van der Waals surface area contributed by atoms with Gasteiger partial charge in [0.1, 0.15) is 18.0 Å². The molecule has 1 aromatic rings. The maximum atomic E-state index is 13.3. The van der Waals surface area contributed by atoms with E-state index in [2.05, 4.69) is 19.9 Å². The van der Waals surface area contributed by atoms with E-state index in [4.69, 9.17) is 9.47 Å². The van der Waals surface area contributed by atoms with Gasteiger partial charge in [0.05, 0.1) is 12.2 Å². The zero-order valence-electron chi connectivity index (χ0n) is 19.0. The fourth-order valence-corrected chi connectivity index (χ4v) is 4.74. The molecular formula is C24H34N2O4. The Kier molecular flexibility index (Phi) is 5.23. The van der Waals surface area contributed by atoms with Crippen LogP contribution >= 0.6 is 0 Å². The minimum atomic E-state index is -0.502. The van der Waals surface area contributed by atoms with Crippen LogP contribution in [0.3, 0.4) is 0 Å². The van der Waals surface area contributed by atoms with E-state index in [9.17, 15) is 9.59 Å². The Balaban J connectivity index is 1.61. The Morgan fingerprint density at radius 1 is 1.17 bits per heavy atom. The van der Waals surface area contributed by atoms with Crippen LogP contribution in [0.2, 0.25) is 0 Å². The Hall–Kier alpha value is -2.24. The summed E-state index contributed by atoms with van der Waals surface area (Å²) in [5, 5.41) is 0. The van der Waals surface area contributed by atoms with Crippen LogP contribution < -0.4 is 9.64 Å². The highest BCUT2D eigenvalue weighted by atomic mass is 16.6. The molecule has 1 aromatic carbocycles. The lowest BCUT2D eigenvalue weighted by atomic mass is 9.93. The fourth-order valence-electron chi connectivity index (χ4n) is 4.74. The van der Waals surface area contributed by atoms with E-state index >= 15 is 0 Å². The van der Waals surface area contributed by atoms with E-state index in [1.54, 1.807) is 4.90 Å². The molecule has 0 unspecified atom stereocenters. The van der Waals surface area contributed by atoms with E-state index in [1.807, 2.05) is 25.7 Å². The molecule has 0 atom stereocenters. The number of carbonyl (C=O) groups excluding carboxylic acids is 2. The predicted octanol–water partition coefficient (Wildman–Crippen LogP) is 4.25. The highest BCUT2D eigenvalue weighted by Gasteiger charge is 2.51.